The van der Waals surface area contributed by atoms with Crippen LogP contribution in [0.4, 0.5) is 4.79 Å². The minimum Gasteiger partial charge on any atom is -0.444 e. The number of ether oxygens (including phenoxy) is 1. The molecule has 104 valence electrons. The van der Waals surface area contributed by atoms with Gasteiger partial charge in [0.1, 0.15) is 5.60 Å². The van der Waals surface area contributed by atoms with E-state index in [0.29, 0.717) is 18.4 Å². The SMILES string of the molecule is CC1CN(C(=O)OC(C)(C)C)CCC1/C=C/CN. The maximum Gasteiger partial charge on any atom is 0.410 e. The third kappa shape index (κ3) is 4.69. The molecule has 0 aliphatic carbocycles. The monoisotopic (exact) mass is 254 g/mol. The lowest BCUT2D eigenvalue weighted by Gasteiger charge is -2.36. The molecule has 2 unspecified atom stereocenters. The number of nitrogens with zero attached hydrogens (tertiary/aromatic N) is 1. The van der Waals surface area contributed by atoms with Crippen molar-refractivity contribution in [3.63, 3.8) is 0 Å². The van der Waals surface area contributed by atoms with Crippen molar-refractivity contribution in [1.29, 1.82) is 0 Å². The van der Waals surface area contributed by atoms with E-state index in [4.69, 9.17) is 10.5 Å². The largest absolute Gasteiger partial charge is 0.444 e. The maximum atomic E-state index is 11.9. The number of piperidine rings is 1. The Morgan fingerprint density at radius 2 is 2.17 bits per heavy atom. The van der Waals surface area contributed by atoms with Crippen molar-refractivity contribution >= 4 is 6.09 Å². The van der Waals surface area contributed by atoms with Crippen LogP contribution in [-0.4, -0.2) is 36.2 Å². The van der Waals surface area contributed by atoms with Gasteiger partial charge < -0.3 is 15.4 Å². The molecule has 0 bridgehead atoms. The molecule has 1 heterocycles. The minimum atomic E-state index is -0.420. The summed E-state index contributed by atoms with van der Waals surface area (Å²) in [5.41, 5.74) is 5.04. The fourth-order valence-corrected chi connectivity index (χ4v) is 2.20. The third-order valence-electron chi connectivity index (χ3n) is 3.14. The molecule has 0 aromatic carbocycles. The summed E-state index contributed by atoms with van der Waals surface area (Å²) < 4.78 is 5.39. The van der Waals surface area contributed by atoms with Gasteiger partial charge in [-0.25, -0.2) is 4.79 Å². The number of hydrogen-bond acceptors (Lipinski definition) is 3. The predicted octanol–water partition coefficient (Wildman–Crippen LogP) is 2.39. The van der Waals surface area contributed by atoms with Gasteiger partial charge in [0.25, 0.3) is 0 Å². The zero-order valence-electron chi connectivity index (χ0n) is 12.0. The van der Waals surface area contributed by atoms with Crippen LogP contribution in [0.5, 0.6) is 0 Å². The highest BCUT2D eigenvalue weighted by atomic mass is 16.6. The summed E-state index contributed by atoms with van der Waals surface area (Å²) in [6, 6.07) is 0. The number of carbonyl (C=O) groups excluding carboxylic acids is 1. The molecule has 0 spiro atoms. The van der Waals surface area contributed by atoms with Gasteiger partial charge in [-0.3, -0.25) is 0 Å². The van der Waals surface area contributed by atoms with E-state index in [1.165, 1.54) is 0 Å². The Morgan fingerprint density at radius 1 is 1.50 bits per heavy atom. The molecule has 1 fully saturated rings. The van der Waals surface area contributed by atoms with Crippen LogP contribution in [0, 0.1) is 11.8 Å². The van der Waals surface area contributed by atoms with E-state index in [9.17, 15) is 4.79 Å². The second-order valence-electron chi connectivity index (χ2n) is 6.02. The first kappa shape index (κ1) is 15.0. The van der Waals surface area contributed by atoms with Crippen LogP contribution in [0.2, 0.25) is 0 Å². The Labute approximate surface area is 110 Å². The second-order valence-corrected chi connectivity index (χ2v) is 6.02. The lowest BCUT2D eigenvalue weighted by atomic mass is 9.87. The summed E-state index contributed by atoms with van der Waals surface area (Å²) in [5, 5.41) is 0. The lowest BCUT2D eigenvalue weighted by Crippen LogP contribution is -2.44. The Morgan fingerprint density at radius 3 is 2.67 bits per heavy atom. The average Bonchev–Trinajstić information content (AvgIpc) is 2.25. The Balaban J connectivity index is 2.50. The van der Waals surface area contributed by atoms with Gasteiger partial charge in [-0.2, -0.15) is 0 Å². The van der Waals surface area contributed by atoms with Gasteiger partial charge in [0.15, 0.2) is 0 Å². The third-order valence-corrected chi connectivity index (χ3v) is 3.14. The van der Waals surface area contributed by atoms with Gasteiger partial charge in [0.05, 0.1) is 0 Å². The number of carbonyl (C=O) groups is 1. The van der Waals surface area contributed by atoms with E-state index in [1.807, 2.05) is 31.7 Å². The van der Waals surface area contributed by atoms with Gasteiger partial charge >= 0.3 is 6.09 Å². The summed E-state index contributed by atoms with van der Waals surface area (Å²) in [6.07, 6.45) is 4.97. The quantitative estimate of drug-likeness (QED) is 0.770. The smallest absolute Gasteiger partial charge is 0.410 e. The highest BCUT2D eigenvalue weighted by Gasteiger charge is 2.29. The van der Waals surface area contributed by atoms with Crippen molar-refractivity contribution in [1.82, 2.24) is 4.90 Å². The molecule has 0 aromatic heterocycles. The van der Waals surface area contributed by atoms with Crippen LogP contribution in [0.25, 0.3) is 0 Å². The summed E-state index contributed by atoms with van der Waals surface area (Å²) in [5.74, 6) is 0.973. The van der Waals surface area contributed by atoms with Crippen LogP contribution in [0.3, 0.4) is 0 Å². The van der Waals surface area contributed by atoms with Crippen molar-refractivity contribution in [2.24, 2.45) is 17.6 Å². The molecular formula is C14H26N2O2. The minimum absolute atomic E-state index is 0.199. The van der Waals surface area contributed by atoms with E-state index in [2.05, 4.69) is 13.0 Å². The van der Waals surface area contributed by atoms with Crippen LogP contribution in [0.15, 0.2) is 12.2 Å². The molecule has 1 saturated heterocycles. The van der Waals surface area contributed by atoms with Gasteiger partial charge in [0.2, 0.25) is 0 Å². The average molecular weight is 254 g/mol. The van der Waals surface area contributed by atoms with Gasteiger partial charge in [-0.1, -0.05) is 19.1 Å². The topological polar surface area (TPSA) is 55.6 Å². The fourth-order valence-electron chi connectivity index (χ4n) is 2.20. The molecule has 18 heavy (non-hydrogen) atoms. The molecule has 0 radical (unpaired) electrons. The van der Waals surface area contributed by atoms with Gasteiger partial charge in [-0.15, -0.1) is 0 Å². The van der Waals surface area contributed by atoms with Crippen molar-refractivity contribution in [3.05, 3.63) is 12.2 Å². The Bertz CT molecular complexity index is 307. The van der Waals surface area contributed by atoms with E-state index >= 15 is 0 Å². The molecule has 1 rings (SSSR count). The molecule has 4 heteroatoms. The molecule has 1 aliphatic heterocycles. The number of rotatable bonds is 2. The zero-order valence-corrected chi connectivity index (χ0v) is 12.0. The molecule has 0 aromatic rings. The molecule has 2 atom stereocenters. The number of hydrogen-bond donors (Lipinski definition) is 1. The summed E-state index contributed by atoms with van der Waals surface area (Å²) >= 11 is 0. The van der Waals surface area contributed by atoms with E-state index in [-0.39, 0.29) is 6.09 Å². The Hall–Kier alpha value is -1.03. The molecule has 4 nitrogen and oxygen atoms in total. The van der Waals surface area contributed by atoms with E-state index in [0.717, 1.165) is 19.5 Å². The zero-order chi connectivity index (χ0) is 13.8. The van der Waals surface area contributed by atoms with Crippen molar-refractivity contribution in [2.75, 3.05) is 19.6 Å². The van der Waals surface area contributed by atoms with Crippen LogP contribution >= 0.6 is 0 Å². The van der Waals surface area contributed by atoms with Crippen LogP contribution < -0.4 is 5.73 Å². The summed E-state index contributed by atoms with van der Waals surface area (Å²) in [7, 11) is 0. The summed E-state index contributed by atoms with van der Waals surface area (Å²) in [6.45, 7) is 9.95. The molecule has 1 aliphatic rings. The second kappa shape index (κ2) is 6.23. The number of amides is 1. The van der Waals surface area contributed by atoms with E-state index in [1.54, 1.807) is 0 Å². The summed E-state index contributed by atoms with van der Waals surface area (Å²) in [4.78, 5) is 13.8. The number of likely N-dealkylation sites (tertiary alicyclic amines) is 1. The maximum absolute atomic E-state index is 11.9. The first-order chi connectivity index (χ1) is 8.33. The van der Waals surface area contributed by atoms with Crippen molar-refractivity contribution in [3.8, 4) is 0 Å². The first-order valence-corrected chi connectivity index (χ1v) is 6.68. The first-order valence-electron chi connectivity index (χ1n) is 6.68. The standard InChI is InChI=1S/C14H26N2O2/c1-11-10-16(13(17)18-14(2,3)4)9-7-12(11)6-5-8-15/h5-6,11-12H,7-10,15H2,1-4H3/b6-5+. The normalized spacial score (nSPS) is 25.5. The molecule has 2 N–H and O–H groups in total. The molecular weight excluding hydrogens is 228 g/mol. The highest BCUT2D eigenvalue weighted by Crippen LogP contribution is 2.25. The van der Waals surface area contributed by atoms with E-state index < -0.39 is 5.60 Å². The number of allylic oxidation sites excluding steroid dienone is 1. The number of nitrogens with two attached hydrogens (primary N) is 1. The van der Waals surface area contributed by atoms with Gasteiger partial charge in [-0.05, 0) is 39.0 Å². The van der Waals surface area contributed by atoms with Crippen LogP contribution in [0.1, 0.15) is 34.1 Å². The predicted molar refractivity (Wildman–Crippen MR) is 73.3 cm³/mol. The Kier molecular flexibility index (Phi) is 5.20. The molecule has 1 amide bonds. The lowest BCUT2D eigenvalue weighted by molar-refractivity contribution is 0.0141. The van der Waals surface area contributed by atoms with Crippen molar-refractivity contribution < 1.29 is 9.53 Å². The van der Waals surface area contributed by atoms with Crippen LogP contribution in [-0.2, 0) is 4.74 Å². The van der Waals surface area contributed by atoms with Gasteiger partial charge in [0, 0.05) is 19.6 Å². The highest BCUT2D eigenvalue weighted by molar-refractivity contribution is 5.68. The van der Waals surface area contributed by atoms with Crippen molar-refractivity contribution in [2.45, 2.75) is 39.7 Å². The fraction of sp³-hybridized carbons (Fsp3) is 0.786. The molecule has 0 saturated carbocycles.